The van der Waals surface area contributed by atoms with Crippen LogP contribution in [0.3, 0.4) is 0 Å². The third kappa shape index (κ3) is 5.34. The number of methoxy groups -OCH3 is 1. The van der Waals surface area contributed by atoms with E-state index in [1.165, 1.54) is 22.4 Å². The molecule has 0 saturated carbocycles. The van der Waals surface area contributed by atoms with Crippen molar-refractivity contribution in [1.82, 2.24) is 20.3 Å². The number of hydrogen-bond acceptors (Lipinski definition) is 5. The van der Waals surface area contributed by atoms with Crippen LogP contribution in [0.4, 0.5) is 0 Å². The zero-order chi connectivity index (χ0) is 19.1. The summed E-state index contributed by atoms with van der Waals surface area (Å²) in [6.07, 6.45) is 6.59. The highest BCUT2D eigenvalue weighted by Crippen LogP contribution is 2.19. The molecule has 0 unspecified atom stereocenters. The topological polar surface area (TPSA) is 40.6 Å². The molecule has 5 heteroatoms. The summed E-state index contributed by atoms with van der Waals surface area (Å²) in [5, 5.41) is 2.03. The van der Waals surface area contributed by atoms with Gasteiger partial charge >= 0.3 is 0 Å². The van der Waals surface area contributed by atoms with Gasteiger partial charge in [0.05, 0.1) is 13.7 Å². The first-order valence-corrected chi connectivity index (χ1v) is 9.26. The maximum Gasteiger partial charge on any atom is 0.119 e. The molecule has 142 valence electrons. The number of hydrazine groups is 1. The van der Waals surface area contributed by atoms with Crippen molar-refractivity contribution in [3.8, 4) is 5.75 Å². The van der Waals surface area contributed by atoms with E-state index in [-0.39, 0.29) is 0 Å². The number of aromatic nitrogens is 1. The second-order valence-corrected chi connectivity index (χ2v) is 6.85. The molecule has 1 aliphatic heterocycles. The Labute approximate surface area is 161 Å². The highest BCUT2D eigenvalue weighted by atomic mass is 16.5. The van der Waals surface area contributed by atoms with Gasteiger partial charge in [0.1, 0.15) is 5.75 Å². The first-order valence-electron chi connectivity index (χ1n) is 9.26. The number of nitrogens with one attached hydrogen (secondary N) is 1. The first kappa shape index (κ1) is 19.0. The van der Waals surface area contributed by atoms with E-state index in [1.54, 1.807) is 7.11 Å². The number of benzene rings is 1. The fraction of sp³-hybridized carbons (Fsp3) is 0.318. The van der Waals surface area contributed by atoms with Crippen LogP contribution >= 0.6 is 0 Å². The second-order valence-electron chi connectivity index (χ2n) is 6.85. The molecule has 3 rings (SSSR count). The standard InChI is InChI=1S/C22H28N4O/c1-4-26(17-19-7-5-9-21(13-19)27-3)24-22-10-12-25(15-18(22)2)16-20-8-6-11-23-14-20/h4-9,11,13-14,24H,1,10,12,15-17H2,2-3H3. The summed E-state index contributed by atoms with van der Waals surface area (Å²) in [6.45, 7) is 9.81. The van der Waals surface area contributed by atoms with Crippen molar-refractivity contribution in [2.45, 2.75) is 26.4 Å². The fourth-order valence-electron chi connectivity index (χ4n) is 3.32. The molecular weight excluding hydrogens is 336 g/mol. The van der Waals surface area contributed by atoms with Crippen molar-refractivity contribution in [2.24, 2.45) is 0 Å². The number of nitrogens with zero attached hydrogens (tertiary/aromatic N) is 3. The van der Waals surface area contributed by atoms with Gasteiger partial charge in [-0.1, -0.05) is 24.8 Å². The van der Waals surface area contributed by atoms with Crippen LogP contribution in [0.2, 0.25) is 0 Å². The molecule has 0 radical (unpaired) electrons. The van der Waals surface area contributed by atoms with Gasteiger partial charge < -0.3 is 10.2 Å². The van der Waals surface area contributed by atoms with E-state index in [0.29, 0.717) is 0 Å². The van der Waals surface area contributed by atoms with Gasteiger partial charge in [0, 0.05) is 50.3 Å². The van der Waals surface area contributed by atoms with Crippen LogP contribution in [-0.2, 0) is 13.1 Å². The molecule has 0 aliphatic carbocycles. The molecule has 1 aromatic heterocycles. The van der Waals surface area contributed by atoms with Crippen LogP contribution in [0.1, 0.15) is 24.5 Å². The lowest BCUT2D eigenvalue weighted by Crippen LogP contribution is -2.39. The quantitative estimate of drug-likeness (QED) is 0.723. The van der Waals surface area contributed by atoms with Gasteiger partial charge in [-0.3, -0.25) is 14.9 Å². The molecule has 0 amide bonds. The number of hydrogen-bond donors (Lipinski definition) is 1. The smallest absolute Gasteiger partial charge is 0.119 e. The second kappa shape index (κ2) is 9.24. The van der Waals surface area contributed by atoms with E-state index in [4.69, 9.17) is 4.74 Å². The number of ether oxygens (including phenoxy) is 1. The molecule has 5 nitrogen and oxygen atoms in total. The van der Waals surface area contributed by atoms with Crippen LogP contribution in [-0.4, -0.2) is 35.1 Å². The molecule has 2 aromatic rings. The monoisotopic (exact) mass is 364 g/mol. The van der Waals surface area contributed by atoms with Gasteiger partial charge in [-0.2, -0.15) is 0 Å². The number of pyridine rings is 1. The van der Waals surface area contributed by atoms with Crippen molar-refractivity contribution in [3.63, 3.8) is 0 Å². The average Bonchev–Trinajstić information content (AvgIpc) is 2.70. The van der Waals surface area contributed by atoms with Crippen molar-refractivity contribution < 1.29 is 4.74 Å². The Kier molecular flexibility index (Phi) is 6.49. The Morgan fingerprint density at radius 2 is 2.15 bits per heavy atom. The van der Waals surface area contributed by atoms with Gasteiger partial charge in [-0.25, -0.2) is 0 Å². The molecule has 27 heavy (non-hydrogen) atoms. The molecule has 1 aliphatic rings. The molecule has 1 aromatic carbocycles. The lowest BCUT2D eigenvalue weighted by Gasteiger charge is -2.33. The Morgan fingerprint density at radius 1 is 1.30 bits per heavy atom. The van der Waals surface area contributed by atoms with Gasteiger partial charge in [0.2, 0.25) is 0 Å². The highest BCUT2D eigenvalue weighted by molar-refractivity contribution is 5.28. The Morgan fingerprint density at radius 3 is 2.85 bits per heavy atom. The zero-order valence-electron chi connectivity index (χ0n) is 16.2. The molecule has 0 fully saturated rings. The molecular formula is C22H28N4O. The van der Waals surface area contributed by atoms with Crippen molar-refractivity contribution in [3.05, 3.63) is 84.0 Å². The summed E-state index contributed by atoms with van der Waals surface area (Å²) in [5.74, 6) is 0.871. The van der Waals surface area contributed by atoms with Gasteiger partial charge in [-0.05, 0) is 41.8 Å². The summed E-state index contributed by atoms with van der Waals surface area (Å²) < 4.78 is 5.31. The van der Waals surface area contributed by atoms with Crippen LogP contribution < -0.4 is 10.2 Å². The van der Waals surface area contributed by atoms with Gasteiger partial charge in [0.25, 0.3) is 0 Å². The molecule has 0 bridgehead atoms. The van der Waals surface area contributed by atoms with E-state index < -0.39 is 0 Å². The normalized spacial score (nSPS) is 14.7. The first-order chi connectivity index (χ1) is 13.2. The average molecular weight is 364 g/mol. The minimum Gasteiger partial charge on any atom is -0.497 e. The van der Waals surface area contributed by atoms with E-state index in [2.05, 4.69) is 47.0 Å². The molecule has 1 N–H and O–H groups in total. The zero-order valence-corrected chi connectivity index (χ0v) is 16.2. The van der Waals surface area contributed by atoms with Crippen LogP contribution in [0, 0.1) is 0 Å². The van der Waals surface area contributed by atoms with Crippen LogP contribution in [0.25, 0.3) is 0 Å². The Balaban J connectivity index is 1.60. The van der Waals surface area contributed by atoms with Gasteiger partial charge in [0.15, 0.2) is 0 Å². The predicted octanol–water partition coefficient (Wildman–Crippen LogP) is 3.72. The lowest BCUT2D eigenvalue weighted by atomic mass is 10.1. The maximum absolute atomic E-state index is 5.31. The van der Waals surface area contributed by atoms with Crippen molar-refractivity contribution in [2.75, 3.05) is 20.2 Å². The molecule has 0 spiro atoms. The third-order valence-corrected chi connectivity index (χ3v) is 4.77. The lowest BCUT2D eigenvalue weighted by molar-refractivity contribution is 0.241. The van der Waals surface area contributed by atoms with E-state index >= 15 is 0 Å². The van der Waals surface area contributed by atoms with Crippen LogP contribution in [0.5, 0.6) is 5.75 Å². The summed E-state index contributed by atoms with van der Waals surface area (Å²) in [4.78, 5) is 6.67. The largest absolute Gasteiger partial charge is 0.497 e. The minimum atomic E-state index is 0.733. The highest BCUT2D eigenvalue weighted by Gasteiger charge is 2.17. The summed E-state index contributed by atoms with van der Waals surface area (Å²) in [7, 11) is 1.69. The minimum absolute atomic E-state index is 0.733. The summed E-state index contributed by atoms with van der Waals surface area (Å²) in [6, 6.07) is 12.2. The molecule has 0 saturated heterocycles. The summed E-state index contributed by atoms with van der Waals surface area (Å²) >= 11 is 0. The maximum atomic E-state index is 5.31. The van der Waals surface area contributed by atoms with E-state index in [0.717, 1.165) is 38.3 Å². The Bertz CT molecular complexity index is 788. The van der Waals surface area contributed by atoms with E-state index in [9.17, 15) is 0 Å². The Hall–Kier alpha value is -2.79. The molecule has 0 atom stereocenters. The SMILES string of the molecule is C=CN(Cc1cccc(OC)c1)NC1=C(C)CN(Cc2cccnc2)CC1. The predicted molar refractivity (Wildman–Crippen MR) is 109 cm³/mol. The third-order valence-electron chi connectivity index (χ3n) is 4.77. The summed E-state index contributed by atoms with van der Waals surface area (Å²) in [5.41, 5.74) is 8.61. The van der Waals surface area contributed by atoms with E-state index in [1.807, 2.05) is 41.8 Å². The number of rotatable bonds is 8. The fourth-order valence-corrected chi connectivity index (χ4v) is 3.32. The van der Waals surface area contributed by atoms with Gasteiger partial charge in [-0.15, -0.1) is 0 Å². The molecule has 2 heterocycles. The van der Waals surface area contributed by atoms with Crippen molar-refractivity contribution >= 4 is 0 Å². The van der Waals surface area contributed by atoms with Crippen molar-refractivity contribution in [1.29, 1.82) is 0 Å². The van der Waals surface area contributed by atoms with Crippen LogP contribution in [0.15, 0.2) is 72.8 Å².